The zero-order valence-corrected chi connectivity index (χ0v) is 25.8. The molecule has 39 heavy (non-hydrogen) atoms. The quantitative estimate of drug-likeness (QED) is 0.185. The van der Waals surface area contributed by atoms with Crippen molar-refractivity contribution in [2.75, 3.05) is 0 Å². The average Bonchev–Trinajstić information content (AvgIpc) is 3.77. The number of pyridine rings is 1. The number of aryl methyl sites for hydroxylation is 1. The maximum absolute atomic E-state index is 6.34. The Balaban J connectivity index is 0.000000833. The van der Waals surface area contributed by atoms with Crippen molar-refractivity contribution in [3.05, 3.63) is 124 Å². The Morgan fingerprint density at radius 2 is 1.21 bits per heavy atom. The topological polar surface area (TPSA) is 31.4 Å². The van der Waals surface area contributed by atoms with Crippen LogP contribution < -0.4 is 9.47 Å². The van der Waals surface area contributed by atoms with Gasteiger partial charge in [-0.25, -0.2) is 0 Å². The van der Waals surface area contributed by atoms with Crippen LogP contribution >= 0.6 is 0 Å². The number of ether oxygens (including phenoxy) is 2. The van der Waals surface area contributed by atoms with Gasteiger partial charge < -0.3 is 9.47 Å². The maximum Gasteiger partial charge on any atom is 0.221 e. The summed E-state index contributed by atoms with van der Waals surface area (Å²) in [6.45, 7) is 13.6. The first kappa shape index (κ1) is 32.3. The van der Waals surface area contributed by atoms with Crippen molar-refractivity contribution in [3.8, 4) is 11.8 Å². The summed E-state index contributed by atoms with van der Waals surface area (Å²) in [6.07, 6.45) is 3.45. The predicted octanol–water partition coefficient (Wildman–Crippen LogP) is 9.38. The van der Waals surface area contributed by atoms with Crippen molar-refractivity contribution in [2.24, 2.45) is 0 Å². The Bertz CT molecular complexity index is 1250. The van der Waals surface area contributed by atoms with Gasteiger partial charge in [0.25, 0.3) is 0 Å². The summed E-state index contributed by atoms with van der Waals surface area (Å²) in [7, 11) is 0. The van der Waals surface area contributed by atoms with Crippen LogP contribution in [0.1, 0.15) is 80.3 Å². The molecule has 0 aliphatic heterocycles. The average molecular weight is 616 g/mol. The maximum atomic E-state index is 6.34. The van der Waals surface area contributed by atoms with Crippen molar-refractivity contribution >= 4 is 0 Å². The molecule has 5 rings (SSSR count). The standard InChI is InChI=1S/C30H29NO2.C3H8.C2H6.Pd/c1-22-10-9-15-26(23(22)2)30(18-19-30)27-16-17-28(32-20-24-11-5-3-6-12-24)31-29(27)33-21-25-13-7-4-8-14-25;1-3-2;1-2;/h3-17H,18-21H2,1-2H3;3H2,1-2H3;1-2H3;. The third-order valence-corrected chi connectivity index (χ3v) is 6.67. The van der Waals surface area contributed by atoms with Gasteiger partial charge in [0.15, 0.2) is 0 Å². The molecule has 1 saturated carbocycles. The van der Waals surface area contributed by atoms with Crippen LogP contribution in [-0.2, 0) is 39.1 Å². The Labute approximate surface area is 249 Å². The van der Waals surface area contributed by atoms with E-state index >= 15 is 0 Å². The van der Waals surface area contributed by atoms with Crippen molar-refractivity contribution in [3.63, 3.8) is 0 Å². The van der Waals surface area contributed by atoms with E-state index in [1.165, 1.54) is 23.1 Å². The molecule has 0 spiro atoms. The van der Waals surface area contributed by atoms with E-state index in [2.05, 4.69) is 76.2 Å². The first-order chi connectivity index (χ1) is 18.6. The third-order valence-electron chi connectivity index (χ3n) is 6.67. The molecule has 210 valence electrons. The largest absolute Gasteiger partial charge is 0.473 e. The van der Waals surface area contributed by atoms with Gasteiger partial charge in [-0.2, -0.15) is 4.98 Å². The minimum Gasteiger partial charge on any atom is -0.473 e. The first-order valence-electron chi connectivity index (χ1n) is 14.0. The van der Waals surface area contributed by atoms with Gasteiger partial charge in [-0.15, -0.1) is 0 Å². The Morgan fingerprint density at radius 3 is 1.74 bits per heavy atom. The van der Waals surface area contributed by atoms with Gasteiger partial charge >= 0.3 is 0 Å². The predicted molar refractivity (Wildman–Crippen MR) is 159 cm³/mol. The summed E-state index contributed by atoms with van der Waals surface area (Å²) in [4.78, 5) is 4.84. The van der Waals surface area contributed by atoms with Gasteiger partial charge in [0.05, 0.1) is 0 Å². The summed E-state index contributed by atoms with van der Waals surface area (Å²) in [5, 5.41) is 0. The molecule has 3 nitrogen and oxygen atoms in total. The van der Waals surface area contributed by atoms with Gasteiger partial charge in [0.1, 0.15) is 13.2 Å². The van der Waals surface area contributed by atoms with E-state index in [1.807, 2.05) is 56.3 Å². The van der Waals surface area contributed by atoms with Crippen molar-refractivity contribution in [1.29, 1.82) is 0 Å². The fourth-order valence-corrected chi connectivity index (χ4v) is 4.51. The minimum atomic E-state index is -0.0346. The normalized spacial score (nSPS) is 12.5. The van der Waals surface area contributed by atoms with E-state index in [9.17, 15) is 0 Å². The number of aromatic nitrogens is 1. The number of hydrogen-bond acceptors (Lipinski definition) is 3. The van der Waals surface area contributed by atoms with Crippen LogP contribution in [0.3, 0.4) is 0 Å². The number of nitrogens with zero attached hydrogens (tertiary/aromatic N) is 1. The molecule has 0 bridgehead atoms. The molecule has 1 aliphatic rings. The molecular weight excluding hydrogens is 573 g/mol. The van der Waals surface area contributed by atoms with Gasteiger partial charge in [-0.05, 0) is 60.6 Å². The fourth-order valence-electron chi connectivity index (χ4n) is 4.51. The van der Waals surface area contributed by atoms with Gasteiger partial charge in [0.2, 0.25) is 11.8 Å². The van der Waals surface area contributed by atoms with Crippen LogP contribution in [0.5, 0.6) is 11.8 Å². The van der Waals surface area contributed by atoms with Crippen LogP contribution in [0, 0.1) is 13.8 Å². The van der Waals surface area contributed by atoms with E-state index in [-0.39, 0.29) is 25.8 Å². The summed E-state index contributed by atoms with van der Waals surface area (Å²) in [6, 6.07) is 31.1. The van der Waals surface area contributed by atoms with E-state index < -0.39 is 0 Å². The molecule has 4 aromatic rings. The second-order valence-electron chi connectivity index (χ2n) is 9.59. The number of hydrogen-bond donors (Lipinski definition) is 0. The van der Waals surface area contributed by atoms with Crippen LogP contribution in [-0.4, -0.2) is 4.98 Å². The summed E-state index contributed by atoms with van der Waals surface area (Å²) in [5.74, 6) is 1.25. The molecule has 3 aromatic carbocycles. The Kier molecular flexibility index (Phi) is 13.4. The van der Waals surface area contributed by atoms with Crippen molar-refractivity contribution < 1.29 is 29.9 Å². The molecule has 1 fully saturated rings. The molecule has 0 saturated heterocycles. The minimum absolute atomic E-state index is 0. The number of rotatable bonds is 8. The molecule has 0 amide bonds. The van der Waals surface area contributed by atoms with Crippen LogP contribution in [0.2, 0.25) is 0 Å². The molecule has 0 radical (unpaired) electrons. The summed E-state index contributed by atoms with van der Waals surface area (Å²) < 4.78 is 12.4. The van der Waals surface area contributed by atoms with Crippen LogP contribution in [0.25, 0.3) is 0 Å². The van der Waals surface area contributed by atoms with Crippen molar-refractivity contribution in [1.82, 2.24) is 4.98 Å². The SMILES string of the molecule is CC.CCC.Cc1cccc(C2(c3ccc(OCc4ccccc4)nc3OCc3ccccc3)CC2)c1C.[Pd]. The zero-order valence-electron chi connectivity index (χ0n) is 24.3. The Morgan fingerprint density at radius 1 is 0.667 bits per heavy atom. The second kappa shape index (κ2) is 16.2. The molecule has 1 aliphatic carbocycles. The molecule has 0 N–H and O–H groups in total. The smallest absolute Gasteiger partial charge is 0.221 e. The summed E-state index contributed by atoms with van der Waals surface area (Å²) in [5.41, 5.74) is 7.41. The zero-order chi connectivity index (χ0) is 27.4. The van der Waals surface area contributed by atoms with Crippen LogP contribution in [0.15, 0.2) is 91.0 Å². The van der Waals surface area contributed by atoms with Gasteiger partial charge in [-0.3, -0.25) is 0 Å². The molecule has 1 aromatic heterocycles. The van der Waals surface area contributed by atoms with Gasteiger partial charge in [0, 0.05) is 37.5 Å². The molecule has 4 heteroatoms. The van der Waals surface area contributed by atoms with E-state index in [0.717, 1.165) is 29.5 Å². The van der Waals surface area contributed by atoms with Gasteiger partial charge in [-0.1, -0.05) is 113 Å². The van der Waals surface area contributed by atoms with E-state index in [0.29, 0.717) is 25.0 Å². The molecular formula is C35H43NO2Pd. The third kappa shape index (κ3) is 8.53. The van der Waals surface area contributed by atoms with Crippen molar-refractivity contribution in [2.45, 2.75) is 79.4 Å². The number of benzene rings is 3. The monoisotopic (exact) mass is 615 g/mol. The fraction of sp³-hybridized carbons (Fsp3) is 0.343. The molecule has 0 atom stereocenters. The summed E-state index contributed by atoms with van der Waals surface area (Å²) >= 11 is 0. The van der Waals surface area contributed by atoms with E-state index in [4.69, 9.17) is 14.5 Å². The molecule has 1 heterocycles. The first-order valence-corrected chi connectivity index (χ1v) is 14.0. The Hall–Kier alpha value is -2.93. The molecule has 0 unspecified atom stereocenters. The van der Waals surface area contributed by atoms with Crippen LogP contribution in [0.4, 0.5) is 0 Å². The second-order valence-corrected chi connectivity index (χ2v) is 9.59. The van der Waals surface area contributed by atoms with E-state index in [1.54, 1.807) is 0 Å².